The molecule has 0 amide bonds. The predicted molar refractivity (Wildman–Crippen MR) is 79.0 cm³/mol. The van der Waals surface area contributed by atoms with Crippen LogP contribution in [-0.2, 0) is 4.79 Å². The molecule has 1 fully saturated rings. The molecule has 1 saturated heterocycles. The molecular weight excluding hydrogens is 272 g/mol. The Kier molecular flexibility index (Phi) is 5.03. The van der Waals surface area contributed by atoms with E-state index in [0.29, 0.717) is 17.1 Å². The molecule has 1 aliphatic rings. The largest absolute Gasteiger partial charge is 0.493 e. The van der Waals surface area contributed by atoms with Gasteiger partial charge in [-0.25, -0.2) is 0 Å². The molecule has 1 heterocycles. The summed E-state index contributed by atoms with van der Waals surface area (Å²) in [6.45, 7) is 1.94. The third-order valence-electron chi connectivity index (χ3n) is 3.77. The molecule has 6 heteroatoms. The number of likely N-dealkylation sites (tertiary alicyclic amines) is 1. The SMILES string of the molecule is COc1cc(C(CN)C(=O)O)ccc1OC1CCN(C)C1. The zero-order valence-electron chi connectivity index (χ0n) is 12.4. The van der Waals surface area contributed by atoms with Crippen LogP contribution in [0.2, 0.25) is 0 Å². The summed E-state index contributed by atoms with van der Waals surface area (Å²) in [5.41, 5.74) is 6.15. The van der Waals surface area contributed by atoms with Crippen molar-refractivity contribution in [3.63, 3.8) is 0 Å². The maximum atomic E-state index is 11.2. The van der Waals surface area contributed by atoms with Crippen molar-refractivity contribution in [2.45, 2.75) is 18.4 Å². The molecule has 0 radical (unpaired) electrons. The van der Waals surface area contributed by atoms with Crippen molar-refractivity contribution in [2.75, 3.05) is 33.8 Å². The van der Waals surface area contributed by atoms with Crippen LogP contribution in [0, 0.1) is 0 Å². The number of benzene rings is 1. The first kappa shape index (κ1) is 15.6. The molecule has 1 aromatic rings. The summed E-state index contributed by atoms with van der Waals surface area (Å²) in [4.78, 5) is 13.4. The number of aliphatic carboxylic acids is 1. The van der Waals surface area contributed by atoms with Gasteiger partial charge in [0.25, 0.3) is 0 Å². The van der Waals surface area contributed by atoms with E-state index < -0.39 is 11.9 Å². The van der Waals surface area contributed by atoms with E-state index in [1.807, 2.05) is 0 Å². The number of hydrogen-bond donors (Lipinski definition) is 2. The van der Waals surface area contributed by atoms with Gasteiger partial charge in [-0.2, -0.15) is 0 Å². The van der Waals surface area contributed by atoms with Crippen LogP contribution in [0.4, 0.5) is 0 Å². The Hall–Kier alpha value is -1.79. The number of carboxylic acids is 1. The Balaban J connectivity index is 2.18. The average molecular weight is 294 g/mol. The second kappa shape index (κ2) is 6.78. The molecule has 0 saturated carbocycles. The first-order chi connectivity index (χ1) is 10.0. The van der Waals surface area contributed by atoms with Gasteiger partial charge in [-0.15, -0.1) is 0 Å². The van der Waals surface area contributed by atoms with Crippen molar-refractivity contribution in [1.82, 2.24) is 4.90 Å². The van der Waals surface area contributed by atoms with Crippen LogP contribution in [0.1, 0.15) is 17.9 Å². The van der Waals surface area contributed by atoms with Gasteiger partial charge in [0.15, 0.2) is 11.5 Å². The van der Waals surface area contributed by atoms with Gasteiger partial charge < -0.3 is 25.2 Å². The van der Waals surface area contributed by atoms with E-state index in [1.165, 1.54) is 0 Å². The highest BCUT2D eigenvalue weighted by atomic mass is 16.5. The van der Waals surface area contributed by atoms with Gasteiger partial charge in [-0.1, -0.05) is 6.07 Å². The molecule has 116 valence electrons. The monoisotopic (exact) mass is 294 g/mol. The Morgan fingerprint density at radius 3 is 2.81 bits per heavy atom. The van der Waals surface area contributed by atoms with Gasteiger partial charge >= 0.3 is 5.97 Å². The first-order valence-electron chi connectivity index (χ1n) is 7.01. The fourth-order valence-corrected chi connectivity index (χ4v) is 2.55. The number of rotatable bonds is 6. The lowest BCUT2D eigenvalue weighted by molar-refractivity contribution is -0.138. The zero-order chi connectivity index (χ0) is 15.4. The zero-order valence-corrected chi connectivity index (χ0v) is 12.4. The molecule has 2 atom stereocenters. The molecule has 6 nitrogen and oxygen atoms in total. The normalized spacial score (nSPS) is 20.2. The van der Waals surface area contributed by atoms with E-state index in [9.17, 15) is 4.79 Å². The minimum atomic E-state index is -0.939. The summed E-state index contributed by atoms with van der Waals surface area (Å²) in [6, 6.07) is 5.19. The van der Waals surface area contributed by atoms with Crippen LogP contribution in [0.5, 0.6) is 11.5 Å². The van der Waals surface area contributed by atoms with E-state index in [-0.39, 0.29) is 12.6 Å². The third kappa shape index (κ3) is 3.65. The number of carboxylic acid groups (broad SMARTS) is 1. The van der Waals surface area contributed by atoms with E-state index in [4.69, 9.17) is 20.3 Å². The summed E-state index contributed by atoms with van der Waals surface area (Å²) in [6.07, 6.45) is 1.11. The molecule has 0 bridgehead atoms. The number of likely N-dealkylation sites (N-methyl/N-ethyl adjacent to an activating group) is 1. The highest BCUT2D eigenvalue weighted by Crippen LogP contribution is 2.32. The molecule has 21 heavy (non-hydrogen) atoms. The fraction of sp³-hybridized carbons (Fsp3) is 0.533. The van der Waals surface area contributed by atoms with Crippen LogP contribution in [0.3, 0.4) is 0 Å². The Labute approximate surface area is 124 Å². The number of hydrogen-bond acceptors (Lipinski definition) is 5. The molecule has 1 aromatic carbocycles. The molecule has 1 aliphatic heterocycles. The minimum absolute atomic E-state index is 0.0477. The van der Waals surface area contributed by atoms with Crippen molar-refractivity contribution in [2.24, 2.45) is 5.73 Å². The molecule has 0 aliphatic carbocycles. The van der Waals surface area contributed by atoms with Gasteiger partial charge in [0.05, 0.1) is 13.0 Å². The molecule has 2 unspecified atom stereocenters. The van der Waals surface area contributed by atoms with E-state index in [1.54, 1.807) is 25.3 Å². The molecule has 0 spiro atoms. The summed E-state index contributed by atoms with van der Waals surface area (Å²) >= 11 is 0. The molecule has 0 aromatic heterocycles. The third-order valence-corrected chi connectivity index (χ3v) is 3.77. The molecule has 2 rings (SSSR count). The van der Waals surface area contributed by atoms with Crippen molar-refractivity contribution in [3.8, 4) is 11.5 Å². The second-order valence-corrected chi connectivity index (χ2v) is 5.33. The van der Waals surface area contributed by atoms with E-state index >= 15 is 0 Å². The minimum Gasteiger partial charge on any atom is -0.493 e. The lowest BCUT2D eigenvalue weighted by Gasteiger charge is -2.18. The van der Waals surface area contributed by atoms with Gasteiger partial charge in [0.1, 0.15) is 6.10 Å². The van der Waals surface area contributed by atoms with Gasteiger partial charge in [0.2, 0.25) is 0 Å². The second-order valence-electron chi connectivity index (χ2n) is 5.33. The standard InChI is InChI=1S/C15H22N2O4/c1-17-6-5-11(9-17)21-13-4-3-10(7-14(13)20-2)12(8-16)15(18)19/h3-4,7,11-12H,5-6,8-9,16H2,1-2H3,(H,18,19). The van der Waals surface area contributed by atoms with Crippen LogP contribution in [0.15, 0.2) is 18.2 Å². The van der Waals surface area contributed by atoms with E-state index in [0.717, 1.165) is 19.5 Å². The highest BCUT2D eigenvalue weighted by Gasteiger charge is 2.24. The van der Waals surface area contributed by atoms with Crippen molar-refractivity contribution >= 4 is 5.97 Å². The van der Waals surface area contributed by atoms with Gasteiger partial charge in [0, 0.05) is 19.6 Å². The number of methoxy groups -OCH3 is 1. The smallest absolute Gasteiger partial charge is 0.312 e. The molecule has 3 N–H and O–H groups in total. The Bertz CT molecular complexity index is 506. The number of nitrogens with two attached hydrogens (primary N) is 1. The Morgan fingerprint density at radius 1 is 1.52 bits per heavy atom. The maximum Gasteiger partial charge on any atom is 0.312 e. The number of nitrogens with zero attached hydrogens (tertiary/aromatic N) is 1. The van der Waals surface area contributed by atoms with E-state index in [2.05, 4.69) is 11.9 Å². The fourth-order valence-electron chi connectivity index (χ4n) is 2.55. The Morgan fingerprint density at radius 2 is 2.29 bits per heavy atom. The van der Waals surface area contributed by atoms with Crippen molar-refractivity contribution in [3.05, 3.63) is 23.8 Å². The van der Waals surface area contributed by atoms with Crippen molar-refractivity contribution in [1.29, 1.82) is 0 Å². The topological polar surface area (TPSA) is 85.0 Å². The first-order valence-corrected chi connectivity index (χ1v) is 7.01. The summed E-state index contributed by atoms with van der Waals surface area (Å²) in [5, 5.41) is 9.16. The van der Waals surface area contributed by atoms with Crippen LogP contribution < -0.4 is 15.2 Å². The lowest BCUT2D eigenvalue weighted by atomic mass is 9.99. The van der Waals surface area contributed by atoms with Gasteiger partial charge in [-0.05, 0) is 31.2 Å². The molecular formula is C15H22N2O4. The highest BCUT2D eigenvalue weighted by molar-refractivity contribution is 5.76. The van der Waals surface area contributed by atoms with Crippen LogP contribution >= 0.6 is 0 Å². The number of ether oxygens (including phenoxy) is 2. The van der Waals surface area contributed by atoms with Crippen LogP contribution in [-0.4, -0.2) is 55.9 Å². The summed E-state index contributed by atoms with van der Waals surface area (Å²) in [7, 11) is 3.60. The summed E-state index contributed by atoms with van der Waals surface area (Å²) in [5.74, 6) is -0.485. The van der Waals surface area contributed by atoms with Crippen LogP contribution in [0.25, 0.3) is 0 Å². The predicted octanol–water partition coefficient (Wildman–Crippen LogP) is 0.905. The maximum absolute atomic E-state index is 11.2. The average Bonchev–Trinajstić information content (AvgIpc) is 2.86. The number of carbonyl (C=O) groups is 1. The lowest BCUT2D eigenvalue weighted by Crippen LogP contribution is -2.22. The summed E-state index contributed by atoms with van der Waals surface area (Å²) < 4.78 is 11.3. The quantitative estimate of drug-likeness (QED) is 0.811. The van der Waals surface area contributed by atoms with Crippen molar-refractivity contribution < 1.29 is 19.4 Å². The van der Waals surface area contributed by atoms with Gasteiger partial charge in [-0.3, -0.25) is 4.79 Å².